The number of hydrogen-bond acceptors (Lipinski definition) is 4. The van der Waals surface area contributed by atoms with Crippen molar-refractivity contribution in [3.8, 4) is 0 Å². The molecule has 2 aliphatic carbocycles. The van der Waals surface area contributed by atoms with Gasteiger partial charge in [-0.15, -0.1) is 0 Å². The van der Waals surface area contributed by atoms with E-state index in [1.54, 1.807) is 81.6 Å². The Morgan fingerprint density at radius 2 is 1.15 bits per heavy atom. The summed E-state index contributed by atoms with van der Waals surface area (Å²) in [6, 6.07) is 0. The Bertz CT molecular complexity index is 581. The van der Waals surface area contributed by atoms with Crippen LogP contribution in [0.2, 0.25) is 0 Å². The van der Waals surface area contributed by atoms with Gasteiger partial charge in [-0.05, 0) is 0 Å². The zero-order valence-electron chi connectivity index (χ0n) is 9.90. The molecule has 0 aromatic heterocycles. The zero-order chi connectivity index (χ0) is 15.0. The van der Waals surface area contributed by atoms with E-state index in [0.717, 1.165) is 0 Å². The molecule has 0 aromatic rings. The third kappa shape index (κ3) is 2.34. The maximum Gasteiger partial charge on any atom is 0.313 e. The fourth-order valence-electron chi connectivity index (χ4n) is 1.96. The zero-order valence-corrected chi connectivity index (χ0v) is 14.2. The largest absolute Gasteiger partial charge is 0.313 e. The van der Waals surface area contributed by atoms with Crippen LogP contribution >= 0.6 is 45.2 Å². The van der Waals surface area contributed by atoms with E-state index in [1.165, 1.54) is 12.2 Å². The number of nitrogens with zero attached hydrogens (tertiary/aromatic N) is 2. The molecular formula is C12H8I2N2O4. The molecule has 6 nitrogen and oxygen atoms in total. The summed E-state index contributed by atoms with van der Waals surface area (Å²) in [6.45, 7) is 0. The molecule has 0 heterocycles. The van der Waals surface area contributed by atoms with E-state index in [0.29, 0.717) is 11.1 Å². The number of nitro groups is 2. The highest BCUT2D eigenvalue weighted by Crippen LogP contribution is 2.43. The van der Waals surface area contributed by atoms with Crippen molar-refractivity contribution in [3.63, 3.8) is 0 Å². The van der Waals surface area contributed by atoms with Gasteiger partial charge in [-0.25, -0.2) is 0 Å². The molecule has 2 unspecified atom stereocenters. The first-order valence-electron chi connectivity index (χ1n) is 5.46. The van der Waals surface area contributed by atoms with Crippen LogP contribution in [0.5, 0.6) is 0 Å². The van der Waals surface area contributed by atoms with Crippen LogP contribution in [0.4, 0.5) is 0 Å². The smallest absolute Gasteiger partial charge is 0.262 e. The minimum atomic E-state index is -1.50. The molecule has 0 N–H and O–H groups in total. The molecule has 0 radical (unpaired) electrons. The van der Waals surface area contributed by atoms with Crippen molar-refractivity contribution in [3.05, 3.63) is 80.0 Å². The van der Waals surface area contributed by atoms with Crippen molar-refractivity contribution in [1.82, 2.24) is 0 Å². The summed E-state index contributed by atoms with van der Waals surface area (Å²) in [5.74, 6) is 0. The maximum atomic E-state index is 11.4. The van der Waals surface area contributed by atoms with Crippen molar-refractivity contribution in [2.75, 3.05) is 0 Å². The number of allylic oxidation sites excluding steroid dienone is 4. The molecule has 0 spiro atoms. The summed E-state index contributed by atoms with van der Waals surface area (Å²) in [5, 5.41) is 22.7. The predicted molar refractivity (Wildman–Crippen MR) is 91.1 cm³/mol. The Morgan fingerprint density at radius 3 is 1.45 bits per heavy atom. The fraction of sp³-hybridized carbons (Fsp3) is 0.167. The normalized spacial score (nSPS) is 35.3. The first-order chi connectivity index (χ1) is 9.32. The molecule has 0 bridgehead atoms. The Hall–Kier alpha value is -1.04. The second-order valence-electron chi connectivity index (χ2n) is 4.12. The molecule has 0 aromatic carbocycles. The predicted octanol–water partition coefficient (Wildman–Crippen LogP) is 3.35. The lowest BCUT2D eigenvalue weighted by Gasteiger charge is -2.26. The monoisotopic (exact) mass is 498 g/mol. The van der Waals surface area contributed by atoms with Crippen LogP contribution in [0.3, 0.4) is 0 Å². The molecule has 0 fully saturated rings. The Kier molecular flexibility index (Phi) is 4.14. The van der Waals surface area contributed by atoms with Gasteiger partial charge in [0.15, 0.2) is 0 Å². The van der Waals surface area contributed by atoms with Gasteiger partial charge >= 0.3 is 7.09 Å². The van der Waals surface area contributed by atoms with Crippen molar-refractivity contribution in [2.24, 2.45) is 0 Å². The molecule has 8 heteroatoms. The third-order valence-corrected chi connectivity index (χ3v) is 5.63. The topological polar surface area (TPSA) is 86.3 Å². The standard InChI is InChI=1S/C12H8I2N2O4/c13-11(15(17)18)7-3-1-5-9(11)10-6-2-4-8-12(10,14)16(19)20/h1-8H/b10-9+. The van der Waals surface area contributed by atoms with Crippen molar-refractivity contribution >= 4 is 45.2 Å². The average Bonchev–Trinajstić information content (AvgIpc) is 2.40. The summed E-state index contributed by atoms with van der Waals surface area (Å²) >= 11 is 3.41. The van der Waals surface area contributed by atoms with Crippen molar-refractivity contribution < 1.29 is 9.85 Å². The maximum absolute atomic E-state index is 11.4. The highest BCUT2D eigenvalue weighted by molar-refractivity contribution is 14.1. The summed E-state index contributed by atoms with van der Waals surface area (Å²) in [7, 11) is 0. The first kappa shape index (κ1) is 15.4. The lowest BCUT2D eigenvalue weighted by atomic mass is 9.90. The number of hydrogen-bond donors (Lipinski definition) is 0. The molecule has 2 rings (SSSR count). The average molecular weight is 498 g/mol. The van der Waals surface area contributed by atoms with Crippen LogP contribution in [-0.2, 0) is 0 Å². The van der Waals surface area contributed by atoms with Gasteiger partial charge < -0.3 is 0 Å². The Balaban J connectivity index is 2.72. The summed E-state index contributed by atoms with van der Waals surface area (Å²) < 4.78 is -2.99. The molecule has 0 saturated heterocycles. The van der Waals surface area contributed by atoms with Crippen LogP contribution in [0, 0.1) is 20.2 Å². The number of alkyl halides is 2. The van der Waals surface area contributed by atoms with E-state index in [4.69, 9.17) is 0 Å². The molecule has 0 amide bonds. The minimum Gasteiger partial charge on any atom is -0.262 e. The Morgan fingerprint density at radius 1 is 0.800 bits per heavy atom. The molecular weight excluding hydrogens is 490 g/mol. The second kappa shape index (κ2) is 5.39. The van der Waals surface area contributed by atoms with Crippen molar-refractivity contribution in [2.45, 2.75) is 7.09 Å². The molecule has 104 valence electrons. The van der Waals surface area contributed by atoms with Crippen molar-refractivity contribution in [1.29, 1.82) is 0 Å². The van der Waals surface area contributed by atoms with Gasteiger partial charge in [0.25, 0.3) is 0 Å². The SMILES string of the molecule is O=[N+]([O-])C1(I)C=CC=C/C1=C1/C=CC=CC1(I)[N+](=O)[O-]. The molecule has 0 aliphatic heterocycles. The fourth-order valence-corrected chi connectivity index (χ4v) is 3.31. The van der Waals surface area contributed by atoms with Crippen LogP contribution in [0.15, 0.2) is 59.8 Å². The summed E-state index contributed by atoms with van der Waals surface area (Å²) in [5.41, 5.74) is 0.634. The summed E-state index contributed by atoms with van der Waals surface area (Å²) in [4.78, 5) is 21.9. The Labute approximate surface area is 141 Å². The highest BCUT2D eigenvalue weighted by Gasteiger charge is 2.50. The molecule has 0 saturated carbocycles. The van der Waals surface area contributed by atoms with Gasteiger partial charge in [0.05, 0.1) is 11.1 Å². The van der Waals surface area contributed by atoms with Crippen LogP contribution in [0.25, 0.3) is 0 Å². The van der Waals surface area contributed by atoms with E-state index in [2.05, 4.69) is 0 Å². The van der Waals surface area contributed by atoms with Crippen LogP contribution in [-0.4, -0.2) is 16.9 Å². The lowest BCUT2D eigenvalue weighted by Crippen LogP contribution is -2.38. The minimum absolute atomic E-state index is 0.317. The van der Waals surface area contributed by atoms with Crippen LogP contribution in [0.1, 0.15) is 0 Å². The second-order valence-corrected chi connectivity index (χ2v) is 7.41. The van der Waals surface area contributed by atoms with E-state index >= 15 is 0 Å². The van der Waals surface area contributed by atoms with Gasteiger partial charge in [-0.2, -0.15) is 0 Å². The molecule has 2 aliphatic rings. The van der Waals surface area contributed by atoms with Gasteiger partial charge in [0.1, 0.15) is 0 Å². The van der Waals surface area contributed by atoms with Gasteiger partial charge in [0, 0.05) is 67.2 Å². The first-order valence-corrected chi connectivity index (χ1v) is 7.62. The van der Waals surface area contributed by atoms with Gasteiger partial charge in [0.2, 0.25) is 0 Å². The van der Waals surface area contributed by atoms with E-state index in [1.807, 2.05) is 0 Å². The van der Waals surface area contributed by atoms with E-state index in [9.17, 15) is 20.2 Å². The lowest BCUT2D eigenvalue weighted by molar-refractivity contribution is -0.512. The molecule has 20 heavy (non-hydrogen) atoms. The summed E-state index contributed by atoms with van der Waals surface area (Å²) in [6.07, 6.45) is 12.4. The third-order valence-electron chi connectivity index (χ3n) is 2.96. The number of halogens is 2. The van der Waals surface area contributed by atoms with Gasteiger partial charge in [-0.3, -0.25) is 20.2 Å². The molecule has 2 atom stereocenters. The number of rotatable bonds is 2. The van der Waals surface area contributed by atoms with E-state index < -0.39 is 16.9 Å². The van der Waals surface area contributed by atoms with Crippen LogP contribution < -0.4 is 0 Å². The van der Waals surface area contributed by atoms with Gasteiger partial charge in [-0.1, -0.05) is 36.5 Å². The highest BCUT2D eigenvalue weighted by atomic mass is 127. The van der Waals surface area contributed by atoms with E-state index in [-0.39, 0.29) is 0 Å². The quantitative estimate of drug-likeness (QED) is 0.192.